The van der Waals surface area contributed by atoms with Crippen LogP contribution in [0, 0.1) is 5.92 Å². The van der Waals surface area contributed by atoms with Crippen molar-refractivity contribution < 1.29 is 5.11 Å². The molecule has 1 aliphatic rings. The average molecular weight is 324 g/mol. The van der Waals surface area contributed by atoms with E-state index in [1.165, 1.54) is 0 Å². The Morgan fingerprint density at radius 3 is 2.57 bits per heavy atom. The molecular weight excluding hydrogens is 308 g/mol. The van der Waals surface area contributed by atoms with Crippen LogP contribution in [0.25, 0.3) is 22.0 Å². The summed E-state index contributed by atoms with van der Waals surface area (Å²) in [4.78, 5) is 4.36. The summed E-state index contributed by atoms with van der Waals surface area (Å²) in [5, 5.41) is 24.6. The molecule has 23 heavy (non-hydrogen) atoms. The van der Waals surface area contributed by atoms with Gasteiger partial charge in [-0.3, -0.25) is 0 Å². The van der Waals surface area contributed by atoms with Gasteiger partial charge in [-0.2, -0.15) is 0 Å². The molecule has 4 rings (SSSR count). The summed E-state index contributed by atoms with van der Waals surface area (Å²) in [6.07, 6.45) is 1.68. The zero-order chi connectivity index (χ0) is 15.6. The third kappa shape index (κ3) is 3.00. The molecule has 1 fully saturated rings. The van der Waals surface area contributed by atoms with Gasteiger partial charge < -0.3 is 10.4 Å². The SMILES string of the molecule is Oc1cc2ccccc2cc1-c1cnc(SCC2CNC2)nn1. The number of benzene rings is 2. The van der Waals surface area contributed by atoms with Gasteiger partial charge >= 0.3 is 0 Å². The molecule has 2 heterocycles. The van der Waals surface area contributed by atoms with Crippen LogP contribution in [-0.4, -0.2) is 39.1 Å². The van der Waals surface area contributed by atoms with Gasteiger partial charge in [-0.1, -0.05) is 36.0 Å². The fourth-order valence-corrected chi connectivity index (χ4v) is 3.39. The van der Waals surface area contributed by atoms with Crippen LogP contribution in [0.4, 0.5) is 0 Å². The number of nitrogens with one attached hydrogen (secondary N) is 1. The number of fused-ring (bicyclic) bond motifs is 1. The molecule has 5 nitrogen and oxygen atoms in total. The lowest BCUT2D eigenvalue weighted by molar-refractivity contribution is 0.385. The summed E-state index contributed by atoms with van der Waals surface area (Å²) in [7, 11) is 0. The van der Waals surface area contributed by atoms with Gasteiger partial charge in [-0.05, 0) is 41.9 Å². The largest absolute Gasteiger partial charge is 0.507 e. The smallest absolute Gasteiger partial charge is 0.209 e. The highest BCUT2D eigenvalue weighted by atomic mass is 32.2. The number of rotatable bonds is 4. The van der Waals surface area contributed by atoms with Crippen LogP contribution in [0.1, 0.15) is 0 Å². The van der Waals surface area contributed by atoms with E-state index in [1.54, 1.807) is 24.0 Å². The van der Waals surface area contributed by atoms with Crippen LogP contribution in [0.5, 0.6) is 5.75 Å². The van der Waals surface area contributed by atoms with Crippen molar-refractivity contribution in [2.75, 3.05) is 18.8 Å². The van der Waals surface area contributed by atoms with E-state index in [0.29, 0.717) is 22.3 Å². The van der Waals surface area contributed by atoms with Gasteiger partial charge in [0.2, 0.25) is 5.16 Å². The lowest BCUT2D eigenvalue weighted by atomic mass is 10.0. The molecule has 116 valence electrons. The van der Waals surface area contributed by atoms with E-state index in [9.17, 15) is 5.11 Å². The van der Waals surface area contributed by atoms with Crippen LogP contribution >= 0.6 is 11.8 Å². The van der Waals surface area contributed by atoms with E-state index in [0.717, 1.165) is 29.6 Å². The van der Waals surface area contributed by atoms with Crippen molar-refractivity contribution in [3.63, 3.8) is 0 Å². The normalized spacial score (nSPS) is 14.8. The predicted octanol–water partition coefficient (Wildman–Crippen LogP) is 2.71. The first-order valence-electron chi connectivity index (χ1n) is 7.55. The molecule has 3 aromatic rings. The highest BCUT2D eigenvalue weighted by Crippen LogP contribution is 2.32. The van der Waals surface area contributed by atoms with Crippen LogP contribution in [-0.2, 0) is 0 Å². The van der Waals surface area contributed by atoms with Crippen LogP contribution < -0.4 is 5.32 Å². The van der Waals surface area contributed by atoms with Crippen molar-refractivity contribution in [1.29, 1.82) is 0 Å². The van der Waals surface area contributed by atoms with Crippen LogP contribution in [0.15, 0.2) is 47.8 Å². The quantitative estimate of drug-likeness (QED) is 0.719. The summed E-state index contributed by atoms with van der Waals surface area (Å²) in [5.41, 5.74) is 1.24. The number of thioether (sulfide) groups is 1. The monoisotopic (exact) mass is 324 g/mol. The predicted molar refractivity (Wildman–Crippen MR) is 91.5 cm³/mol. The Kier molecular flexibility index (Phi) is 3.85. The van der Waals surface area contributed by atoms with Crippen molar-refractivity contribution in [3.8, 4) is 17.0 Å². The Bertz CT molecular complexity index is 834. The molecule has 1 aromatic heterocycles. The van der Waals surface area contributed by atoms with Gasteiger partial charge in [0.05, 0.1) is 6.20 Å². The first kappa shape index (κ1) is 14.4. The number of phenols is 1. The van der Waals surface area contributed by atoms with Crippen molar-refractivity contribution in [2.24, 2.45) is 5.92 Å². The average Bonchev–Trinajstić information content (AvgIpc) is 2.53. The fraction of sp³-hybridized carbons (Fsp3) is 0.235. The first-order valence-corrected chi connectivity index (χ1v) is 8.53. The summed E-state index contributed by atoms with van der Waals surface area (Å²) in [6, 6.07) is 11.6. The molecule has 0 spiro atoms. The third-order valence-corrected chi connectivity index (χ3v) is 5.08. The number of aromatic nitrogens is 3. The van der Waals surface area contributed by atoms with Crippen molar-refractivity contribution in [2.45, 2.75) is 5.16 Å². The van der Waals surface area contributed by atoms with Gasteiger partial charge in [0.1, 0.15) is 11.4 Å². The molecule has 0 aliphatic carbocycles. The van der Waals surface area contributed by atoms with Crippen molar-refractivity contribution >= 4 is 22.5 Å². The van der Waals surface area contributed by atoms with Crippen LogP contribution in [0.2, 0.25) is 0 Å². The second-order valence-corrected chi connectivity index (χ2v) is 6.66. The molecule has 6 heteroatoms. The van der Waals surface area contributed by atoms with E-state index < -0.39 is 0 Å². The Morgan fingerprint density at radius 1 is 1.13 bits per heavy atom. The van der Waals surface area contributed by atoms with Crippen molar-refractivity contribution in [3.05, 3.63) is 42.6 Å². The topological polar surface area (TPSA) is 70.9 Å². The minimum absolute atomic E-state index is 0.195. The lowest BCUT2D eigenvalue weighted by Crippen LogP contribution is -2.43. The molecule has 0 atom stereocenters. The summed E-state index contributed by atoms with van der Waals surface area (Å²) in [6.45, 7) is 2.15. The maximum Gasteiger partial charge on any atom is 0.209 e. The number of hydrogen-bond acceptors (Lipinski definition) is 6. The van der Waals surface area contributed by atoms with E-state index in [1.807, 2.05) is 30.3 Å². The number of nitrogens with zero attached hydrogens (tertiary/aromatic N) is 3. The maximum absolute atomic E-state index is 10.2. The molecule has 1 saturated heterocycles. The van der Waals surface area contributed by atoms with E-state index in [4.69, 9.17) is 0 Å². The summed E-state index contributed by atoms with van der Waals surface area (Å²) in [5.74, 6) is 1.91. The Balaban J connectivity index is 1.58. The second kappa shape index (κ2) is 6.14. The Morgan fingerprint density at radius 2 is 1.91 bits per heavy atom. The molecule has 2 N–H and O–H groups in total. The minimum Gasteiger partial charge on any atom is -0.507 e. The van der Waals surface area contributed by atoms with E-state index in [-0.39, 0.29) is 5.75 Å². The van der Waals surface area contributed by atoms with Gasteiger partial charge in [0.25, 0.3) is 0 Å². The highest BCUT2D eigenvalue weighted by molar-refractivity contribution is 7.99. The van der Waals surface area contributed by atoms with Gasteiger partial charge in [0, 0.05) is 11.3 Å². The minimum atomic E-state index is 0.195. The second-order valence-electron chi connectivity index (χ2n) is 5.68. The molecule has 0 unspecified atom stereocenters. The highest BCUT2D eigenvalue weighted by Gasteiger charge is 2.17. The molecule has 2 aromatic carbocycles. The molecule has 0 radical (unpaired) electrons. The molecule has 0 amide bonds. The van der Waals surface area contributed by atoms with Crippen LogP contribution in [0.3, 0.4) is 0 Å². The first-order chi connectivity index (χ1) is 11.3. The summed E-state index contributed by atoms with van der Waals surface area (Å²) < 4.78 is 0. The Labute approximate surface area is 138 Å². The van der Waals surface area contributed by atoms with Gasteiger partial charge in [-0.25, -0.2) is 4.98 Å². The molecular formula is C17H16N4OS. The number of aromatic hydroxyl groups is 1. The zero-order valence-electron chi connectivity index (χ0n) is 12.4. The van der Waals surface area contributed by atoms with Gasteiger partial charge in [0.15, 0.2) is 0 Å². The molecule has 0 saturated carbocycles. The Hall–Kier alpha value is -2.18. The fourth-order valence-electron chi connectivity index (χ4n) is 2.55. The van der Waals surface area contributed by atoms with E-state index in [2.05, 4.69) is 20.5 Å². The molecule has 0 bridgehead atoms. The van der Waals surface area contributed by atoms with E-state index >= 15 is 0 Å². The zero-order valence-corrected chi connectivity index (χ0v) is 13.3. The molecule has 1 aliphatic heterocycles. The number of hydrogen-bond donors (Lipinski definition) is 2. The number of phenolic OH excluding ortho intramolecular Hbond substituents is 1. The maximum atomic E-state index is 10.2. The van der Waals surface area contributed by atoms with Gasteiger partial charge in [-0.15, -0.1) is 10.2 Å². The lowest BCUT2D eigenvalue weighted by Gasteiger charge is -2.25. The standard InChI is InChI=1S/C17H16N4OS/c22-16-6-13-4-2-1-3-12(13)5-14(16)15-9-19-17(21-20-15)23-10-11-7-18-8-11/h1-6,9,11,18,22H,7-8,10H2. The third-order valence-electron chi connectivity index (χ3n) is 3.99. The van der Waals surface area contributed by atoms with Crippen molar-refractivity contribution in [1.82, 2.24) is 20.5 Å². The summed E-state index contributed by atoms with van der Waals surface area (Å²) >= 11 is 1.63.